The average molecular weight is 344 g/mol. The fourth-order valence-electron chi connectivity index (χ4n) is 3.70. The van der Waals surface area contributed by atoms with Crippen LogP contribution in [-0.4, -0.2) is 31.3 Å². The van der Waals surface area contributed by atoms with Crippen LogP contribution in [0.5, 0.6) is 0 Å². The second kappa shape index (κ2) is 7.50. The molecule has 0 bridgehead atoms. The van der Waals surface area contributed by atoms with Crippen LogP contribution in [-0.2, 0) is 30.4 Å². The van der Waals surface area contributed by atoms with E-state index in [9.17, 15) is 9.59 Å². The van der Waals surface area contributed by atoms with Crippen molar-refractivity contribution in [3.63, 3.8) is 0 Å². The number of carbonyl (C=O) groups excluding carboxylic acids is 2. The fraction of sp³-hybridized carbons (Fsp3) is 0.500. The van der Waals surface area contributed by atoms with Crippen LogP contribution in [0.15, 0.2) is 42.5 Å². The molecule has 0 amide bonds. The van der Waals surface area contributed by atoms with Crippen molar-refractivity contribution in [3.05, 3.63) is 48.0 Å². The Morgan fingerprint density at radius 3 is 2.64 bits per heavy atom. The molecule has 0 unspecified atom stereocenters. The number of cyclic esters (lactones) is 2. The summed E-state index contributed by atoms with van der Waals surface area (Å²) in [6.07, 6.45) is 4.12. The van der Waals surface area contributed by atoms with Gasteiger partial charge in [0.05, 0.1) is 18.6 Å². The molecule has 0 saturated carbocycles. The third-order valence-electron chi connectivity index (χ3n) is 5.07. The number of hydrogen-bond donors (Lipinski definition) is 0. The lowest BCUT2D eigenvalue weighted by atomic mass is 9.65. The monoisotopic (exact) mass is 344 g/mol. The Kier molecular flexibility index (Phi) is 5.35. The van der Waals surface area contributed by atoms with Crippen molar-refractivity contribution >= 4 is 11.9 Å². The van der Waals surface area contributed by atoms with E-state index in [0.29, 0.717) is 26.2 Å². The third kappa shape index (κ3) is 3.67. The van der Waals surface area contributed by atoms with Crippen LogP contribution in [0, 0.1) is 17.3 Å². The molecule has 1 heterocycles. The van der Waals surface area contributed by atoms with Crippen molar-refractivity contribution in [3.8, 4) is 0 Å². The van der Waals surface area contributed by atoms with Crippen molar-refractivity contribution in [2.75, 3.05) is 13.2 Å². The van der Waals surface area contributed by atoms with Gasteiger partial charge < -0.3 is 14.2 Å². The molecule has 0 aromatic heterocycles. The van der Waals surface area contributed by atoms with Crippen molar-refractivity contribution in [2.24, 2.45) is 17.3 Å². The Morgan fingerprint density at radius 1 is 1.16 bits per heavy atom. The molecule has 1 aliphatic heterocycles. The second-order valence-electron chi connectivity index (χ2n) is 6.82. The molecule has 0 spiro atoms. The zero-order valence-corrected chi connectivity index (χ0v) is 14.6. The number of carbonyl (C=O) groups is 2. The van der Waals surface area contributed by atoms with E-state index in [4.69, 9.17) is 14.2 Å². The van der Waals surface area contributed by atoms with Gasteiger partial charge in [-0.25, -0.2) is 0 Å². The summed E-state index contributed by atoms with van der Waals surface area (Å²) in [5.74, 6) is -2.00. The highest BCUT2D eigenvalue weighted by Gasteiger charge is 2.57. The fourth-order valence-corrected chi connectivity index (χ4v) is 3.70. The van der Waals surface area contributed by atoms with Crippen LogP contribution in [0.4, 0.5) is 0 Å². The van der Waals surface area contributed by atoms with Gasteiger partial charge >= 0.3 is 11.9 Å². The molecule has 5 nitrogen and oxygen atoms in total. The van der Waals surface area contributed by atoms with Crippen LogP contribution < -0.4 is 0 Å². The molecule has 1 aliphatic carbocycles. The molecular weight excluding hydrogens is 320 g/mol. The Balaban J connectivity index is 1.66. The Morgan fingerprint density at radius 2 is 1.92 bits per heavy atom. The number of hydrogen-bond acceptors (Lipinski definition) is 5. The van der Waals surface area contributed by atoms with E-state index < -0.39 is 35.3 Å². The standard InChI is InChI=1S/C20H24O5/c1-3-24-15-9-10-20(2,17-16(15)18(21)25-19(17)22)11-12-23-13-14-7-5-4-6-8-14/h4-10,15-17H,3,11-13H2,1-2H3/t15-,16-,17+,20-/m0/s1. The number of allylic oxidation sites excluding steroid dienone is 1. The Hall–Kier alpha value is -1.98. The Bertz CT molecular complexity index is 653. The summed E-state index contributed by atoms with van der Waals surface area (Å²) in [6, 6.07) is 9.94. The first-order valence-corrected chi connectivity index (χ1v) is 8.73. The predicted octanol–water partition coefficient (Wildman–Crippen LogP) is 2.89. The van der Waals surface area contributed by atoms with Gasteiger partial charge in [0.25, 0.3) is 0 Å². The van der Waals surface area contributed by atoms with Gasteiger partial charge in [-0.2, -0.15) is 0 Å². The second-order valence-corrected chi connectivity index (χ2v) is 6.82. The predicted molar refractivity (Wildman–Crippen MR) is 91.5 cm³/mol. The minimum Gasteiger partial charge on any atom is -0.393 e. The lowest BCUT2D eigenvalue weighted by molar-refractivity contribution is -0.154. The minimum absolute atomic E-state index is 0.396. The highest BCUT2D eigenvalue weighted by Crippen LogP contribution is 2.47. The molecule has 25 heavy (non-hydrogen) atoms. The molecule has 3 rings (SSSR count). The maximum absolute atomic E-state index is 12.3. The number of rotatable bonds is 7. The first kappa shape index (κ1) is 17.8. The van der Waals surface area contributed by atoms with E-state index in [-0.39, 0.29) is 0 Å². The summed E-state index contributed by atoms with van der Waals surface area (Å²) in [7, 11) is 0. The van der Waals surface area contributed by atoms with E-state index in [1.165, 1.54) is 0 Å². The van der Waals surface area contributed by atoms with Gasteiger partial charge in [0.2, 0.25) is 0 Å². The number of esters is 2. The summed E-state index contributed by atoms with van der Waals surface area (Å²) in [5.41, 5.74) is 0.634. The maximum atomic E-state index is 12.3. The molecule has 1 saturated heterocycles. The first-order valence-electron chi connectivity index (χ1n) is 8.73. The third-order valence-corrected chi connectivity index (χ3v) is 5.07. The summed E-state index contributed by atoms with van der Waals surface area (Å²) in [4.78, 5) is 24.4. The van der Waals surface area contributed by atoms with Gasteiger partial charge in [-0.3, -0.25) is 9.59 Å². The molecule has 2 aliphatic rings. The summed E-state index contributed by atoms with van der Waals surface area (Å²) in [5, 5.41) is 0. The smallest absolute Gasteiger partial charge is 0.320 e. The number of ether oxygens (including phenoxy) is 3. The van der Waals surface area contributed by atoms with Gasteiger partial charge in [-0.1, -0.05) is 49.4 Å². The van der Waals surface area contributed by atoms with Crippen LogP contribution in [0.2, 0.25) is 0 Å². The van der Waals surface area contributed by atoms with Crippen molar-refractivity contribution < 1.29 is 23.8 Å². The molecule has 1 fully saturated rings. The summed E-state index contributed by atoms with van der Waals surface area (Å²) < 4.78 is 16.3. The number of benzene rings is 1. The van der Waals surface area contributed by atoms with Gasteiger partial charge in [0.1, 0.15) is 5.92 Å². The molecule has 0 N–H and O–H groups in total. The van der Waals surface area contributed by atoms with Crippen molar-refractivity contribution in [2.45, 2.75) is 33.0 Å². The van der Waals surface area contributed by atoms with E-state index in [0.717, 1.165) is 5.56 Å². The van der Waals surface area contributed by atoms with Crippen LogP contribution in [0.1, 0.15) is 25.8 Å². The topological polar surface area (TPSA) is 61.8 Å². The van der Waals surface area contributed by atoms with E-state index in [1.807, 2.05) is 56.3 Å². The van der Waals surface area contributed by atoms with Crippen molar-refractivity contribution in [1.82, 2.24) is 0 Å². The normalized spacial score (nSPS) is 31.0. The van der Waals surface area contributed by atoms with Crippen LogP contribution in [0.3, 0.4) is 0 Å². The SMILES string of the molecule is CCO[C@H]1C=C[C@@](C)(CCOCc2ccccc2)[C@H]2C(=O)OC(=O)[C@@H]12. The quantitative estimate of drug-likeness (QED) is 0.329. The molecule has 0 radical (unpaired) electrons. The molecule has 5 heteroatoms. The zero-order chi connectivity index (χ0) is 17.9. The molecule has 1 aromatic rings. The van der Waals surface area contributed by atoms with Crippen LogP contribution in [0.25, 0.3) is 0 Å². The van der Waals surface area contributed by atoms with Gasteiger partial charge in [0.15, 0.2) is 0 Å². The molecule has 4 atom stereocenters. The number of fused-ring (bicyclic) bond motifs is 1. The lowest BCUT2D eigenvalue weighted by Crippen LogP contribution is -2.44. The molecular formula is C20H24O5. The highest BCUT2D eigenvalue weighted by molar-refractivity contribution is 5.98. The minimum atomic E-state index is -0.559. The van der Waals surface area contributed by atoms with Crippen molar-refractivity contribution in [1.29, 1.82) is 0 Å². The zero-order valence-electron chi connectivity index (χ0n) is 14.6. The summed E-state index contributed by atoms with van der Waals surface area (Å²) in [6.45, 7) is 5.36. The van der Waals surface area contributed by atoms with E-state index in [1.54, 1.807) is 0 Å². The van der Waals surface area contributed by atoms with E-state index >= 15 is 0 Å². The Labute approximate surface area is 148 Å². The molecule has 1 aromatic carbocycles. The average Bonchev–Trinajstić information content (AvgIpc) is 2.92. The van der Waals surface area contributed by atoms with Gasteiger partial charge in [-0.05, 0) is 18.9 Å². The van der Waals surface area contributed by atoms with Crippen LogP contribution >= 0.6 is 0 Å². The highest BCUT2D eigenvalue weighted by atomic mass is 16.6. The summed E-state index contributed by atoms with van der Waals surface area (Å²) >= 11 is 0. The van der Waals surface area contributed by atoms with Gasteiger partial charge in [0, 0.05) is 18.6 Å². The lowest BCUT2D eigenvalue weighted by Gasteiger charge is -2.38. The largest absolute Gasteiger partial charge is 0.393 e. The van der Waals surface area contributed by atoms with Gasteiger partial charge in [-0.15, -0.1) is 0 Å². The first-order chi connectivity index (χ1) is 12.0. The molecule has 134 valence electrons. The maximum Gasteiger partial charge on any atom is 0.320 e. The van der Waals surface area contributed by atoms with E-state index in [2.05, 4.69) is 0 Å².